The Balaban J connectivity index is 3.96. The molecule has 0 aromatic heterocycles. The van der Waals surface area contributed by atoms with E-state index in [4.69, 9.17) is 5.73 Å². The van der Waals surface area contributed by atoms with E-state index in [9.17, 15) is 22.8 Å². The maximum Gasteiger partial charge on any atom is 0.495 e. The van der Waals surface area contributed by atoms with Crippen molar-refractivity contribution >= 4 is 27.9 Å². The van der Waals surface area contributed by atoms with E-state index in [1.807, 2.05) is 0 Å². The highest BCUT2D eigenvalue weighted by molar-refractivity contribution is 9.09. The zero-order valence-corrected chi connectivity index (χ0v) is 8.80. The molecule has 0 aromatic carbocycles. The molecule has 0 aliphatic heterocycles. The lowest BCUT2D eigenvalue weighted by molar-refractivity contribution is -0.286. The van der Waals surface area contributed by atoms with E-state index >= 15 is 0 Å². The van der Waals surface area contributed by atoms with Crippen LogP contribution in [-0.2, 0) is 19.4 Å². The first kappa shape index (κ1) is 14.2. The second kappa shape index (κ2) is 5.91. The quantitative estimate of drug-likeness (QED) is 0.470. The third kappa shape index (κ3) is 5.57. The molecule has 0 fully saturated rings. The maximum absolute atomic E-state index is 11.5. The van der Waals surface area contributed by atoms with Crippen molar-refractivity contribution in [1.29, 1.82) is 0 Å². The molecule has 0 amide bonds. The van der Waals surface area contributed by atoms with Gasteiger partial charge in [0.15, 0.2) is 0 Å². The van der Waals surface area contributed by atoms with Crippen LogP contribution in [0.15, 0.2) is 0 Å². The van der Waals surface area contributed by atoms with E-state index in [2.05, 4.69) is 25.7 Å². The molecule has 0 bridgehead atoms. The number of carbonyl (C=O) groups excluding carboxylic acids is 2. The van der Waals surface area contributed by atoms with Crippen LogP contribution in [0, 0.1) is 0 Å². The number of halogens is 4. The van der Waals surface area contributed by atoms with Crippen molar-refractivity contribution in [2.24, 2.45) is 5.73 Å². The van der Waals surface area contributed by atoms with Gasteiger partial charge in [-0.3, -0.25) is 0 Å². The van der Waals surface area contributed by atoms with E-state index in [0.717, 1.165) is 0 Å². The highest BCUT2D eigenvalue weighted by atomic mass is 79.9. The van der Waals surface area contributed by atoms with Crippen LogP contribution in [0.5, 0.6) is 0 Å². The summed E-state index contributed by atoms with van der Waals surface area (Å²) >= 11 is 2.95. The lowest BCUT2D eigenvalue weighted by Crippen LogP contribution is -2.35. The Morgan fingerprint density at radius 3 is 2.27 bits per heavy atom. The fourth-order valence-electron chi connectivity index (χ4n) is 0.423. The summed E-state index contributed by atoms with van der Waals surface area (Å²) in [4.78, 5) is 27.6. The summed E-state index contributed by atoms with van der Waals surface area (Å²) in [6.07, 6.45) is -5.07. The van der Waals surface area contributed by atoms with Crippen molar-refractivity contribution in [3.8, 4) is 0 Å². The molecule has 0 saturated heterocycles. The summed E-state index contributed by atoms with van der Waals surface area (Å²) in [7, 11) is 0. The van der Waals surface area contributed by atoms with Crippen LogP contribution >= 0.6 is 15.9 Å². The number of hydrogen-bond donors (Lipinski definition) is 1. The predicted octanol–water partition coefficient (Wildman–Crippen LogP) is 0.662. The van der Waals surface area contributed by atoms with Gasteiger partial charge in [0.25, 0.3) is 0 Å². The molecule has 0 aromatic rings. The number of alkyl halides is 4. The van der Waals surface area contributed by atoms with Crippen LogP contribution in [0.2, 0.25) is 0 Å². The Hall–Kier alpha value is -0.830. The lowest BCUT2D eigenvalue weighted by atomic mass is 10.2. The minimum atomic E-state index is -5.21. The van der Waals surface area contributed by atoms with E-state index in [1.165, 1.54) is 0 Å². The van der Waals surface area contributed by atoms with Gasteiger partial charge in [-0.15, -0.1) is 0 Å². The lowest BCUT2D eigenvalue weighted by Gasteiger charge is -2.08. The molecule has 1 atom stereocenters. The first-order valence-electron chi connectivity index (χ1n) is 3.60. The van der Waals surface area contributed by atoms with Crippen LogP contribution in [0.25, 0.3) is 0 Å². The standard InChI is InChI=1S/C6H7BrF3NO4/c7-2-1-3(11)4(12)14-15-5(13)6(8,9)10/h3H,1-2,11H2/t3-/m1/s1. The number of carbonyl (C=O) groups is 2. The average Bonchev–Trinajstić information content (AvgIpc) is 2.12. The molecule has 9 heteroatoms. The fraction of sp³-hybridized carbons (Fsp3) is 0.667. The Labute approximate surface area is 90.7 Å². The molecular formula is C6H7BrF3NO4. The van der Waals surface area contributed by atoms with Gasteiger partial charge in [0.05, 0.1) is 0 Å². The molecule has 0 saturated carbocycles. The van der Waals surface area contributed by atoms with Gasteiger partial charge in [-0.25, -0.2) is 19.4 Å². The molecule has 0 aliphatic carbocycles. The van der Waals surface area contributed by atoms with E-state index in [0.29, 0.717) is 5.33 Å². The summed E-state index contributed by atoms with van der Waals surface area (Å²) in [6.45, 7) is 0. The van der Waals surface area contributed by atoms with Gasteiger partial charge < -0.3 is 5.73 Å². The van der Waals surface area contributed by atoms with Gasteiger partial charge in [0.2, 0.25) is 0 Å². The van der Waals surface area contributed by atoms with Gasteiger partial charge in [-0.2, -0.15) is 13.2 Å². The average molecular weight is 294 g/mol. The topological polar surface area (TPSA) is 78.6 Å². The van der Waals surface area contributed by atoms with Crippen LogP contribution < -0.4 is 5.73 Å². The molecule has 2 N–H and O–H groups in total. The molecule has 0 rings (SSSR count). The zero-order chi connectivity index (χ0) is 12.1. The van der Waals surface area contributed by atoms with E-state index in [1.54, 1.807) is 0 Å². The van der Waals surface area contributed by atoms with E-state index in [-0.39, 0.29) is 6.42 Å². The highest BCUT2D eigenvalue weighted by Gasteiger charge is 2.43. The van der Waals surface area contributed by atoms with Gasteiger partial charge >= 0.3 is 18.1 Å². The van der Waals surface area contributed by atoms with Crippen LogP contribution in [-0.4, -0.2) is 29.5 Å². The molecule has 15 heavy (non-hydrogen) atoms. The SMILES string of the molecule is N[C@H](CCBr)C(=O)OOC(=O)C(F)(F)F. The second-order valence-electron chi connectivity index (χ2n) is 2.36. The number of hydrogen-bond acceptors (Lipinski definition) is 5. The van der Waals surface area contributed by atoms with Crippen LogP contribution in [0.1, 0.15) is 6.42 Å². The van der Waals surface area contributed by atoms with Gasteiger partial charge in [0.1, 0.15) is 6.04 Å². The molecule has 0 heterocycles. The second-order valence-corrected chi connectivity index (χ2v) is 3.15. The van der Waals surface area contributed by atoms with Crippen LogP contribution in [0.3, 0.4) is 0 Å². The van der Waals surface area contributed by atoms with Crippen molar-refractivity contribution in [2.75, 3.05) is 5.33 Å². The fourth-order valence-corrected chi connectivity index (χ4v) is 0.917. The minimum absolute atomic E-state index is 0.141. The van der Waals surface area contributed by atoms with Crippen LogP contribution in [0.4, 0.5) is 13.2 Å². The van der Waals surface area contributed by atoms with Gasteiger partial charge in [0, 0.05) is 5.33 Å². The van der Waals surface area contributed by atoms with Crippen molar-refractivity contribution in [3.05, 3.63) is 0 Å². The smallest absolute Gasteiger partial charge is 0.318 e. The molecule has 5 nitrogen and oxygen atoms in total. The monoisotopic (exact) mass is 293 g/mol. The van der Waals surface area contributed by atoms with Crippen molar-refractivity contribution in [3.63, 3.8) is 0 Å². The van der Waals surface area contributed by atoms with Crippen molar-refractivity contribution < 1.29 is 32.5 Å². The highest BCUT2D eigenvalue weighted by Crippen LogP contribution is 2.16. The normalized spacial score (nSPS) is 13.1. The molecule has 88 valence electrons. The summed E-state index contributed by atoms with van der Waals surface area (Å²) in [5, 5.41) is 0.358. The summed E-state index contributed by atoms with van der Waals surface area (Å²) in [5.74, 6) is -3.85. The van der Waals surface area contributed by atoms with Crippen molar-refractivity contribution in [1.82, 2.24) is 0 Å². The Kier molecular flexibility index (Phi) is 5.58. The largest absolute Gasteiger partial charge is 0.495 e. The molecule has 0 radical (unpaired) electrons. The molecular weight excluding hydrogens is 287 g/mol. The number of rotatable bonds is 3. The molecule has 0 aliphatic rings. The van der Waals surface area contributed by atoms with Gasteiger partial charge in [-0.05, 0) is 6.42 Å². The first-order chi connectivity index (χ1) is 6.79. The third-order valence-electron chi connectivity index (χ3n) is 1.15. The third-order valence-corrected chi connectivity index (χ3v) is 1.61. The minimum Gasteiger partial charge on any atom is -0.318 e. The molecule has 0 unspecified atom stereocenters. The summed E-state index contributed by atoms with van der Waals surface area (Å²) < 4.78 is 34.6. The van der Waals surface area contributed by atoms with E-state index < -0.39 is 24.2 Å². The number of nitrogens with two attached hydrogens (primary N) is 1. The maximum atomic E-state index is 11.5. The predicted molar refractivity (Wildman–Crippen MR) is 44.6 cm³/mol. The zero-order valence-electron chi connectivity index (χ0n) is 7.21. The van der Waals surface area contributed by atoms with Crippen molar-refractivity contribution in [2.45, 2.75) is 18.6 Å². The summed E-state index contributed by atoms with van der Waals surface area (Å²) in [6, 6.07) is -1.15. The Morgan fingerprint density at radius 2 is 1.87 bits per heavy atom. The Bertz CT molecular complexity index is 245. The summed E-state index contributed by atoms with van der Waals surface area (Å²) in [5.41, 5.74) is 5.15. The molecule has 0 spiro atoms. The Morgan fingerprint density at radius 1 is 1.33 bits per heavy atom. The first-order valence-corrected chi connectivity index (χ1v) is 4.72. The van der Waals surface area contributed by atoms with Gasteiger partial charge in [-0.1, -0.05) is 15.9 Å².